The van der Waals surface area contributed by atoms with Crippen molar-refractivity contribution in [1.29, 1.82) is 10.5 Å². The van der Waals surface area contributed by atoms with E-state index < -0.39 is 5.91 Å². The summed E-state index contributed by atoms with van der Waals surface area (Å²) in [6, 6.07) is 7.07. The molecule has 0 bridgehead atoms. The first-order chi connectivity index (χ1) is 12.9. The van der Waals surface area contributed by atoms with Crippen LogP contribution < -0.4 is 5.32 Å². The molecular weight excluding hydrogens is 450 g/mol. The molecule has 0 spiro atoms. The molecule has 1 aliphatic rings. The number of nitriles is 2. The molecule has 0 aliphatic heterocycles. The minimum Gasteiger partial charge on any atom is -0.506 e. The number of rotatable bonds is 3. The summed E-state index contributed by atoms with van der Waals surface area (Å²) in [5.41, 5.74) is 1.53. The maximum absolute atomic E-state index is 12.6. The van der Waals surface area contributed by atoms with Crippen molar-refractivity contribution in [3.8, 4) is 17.9 Å². The van der Waals surface area contributed by atoms with Gasteiger partial charge in [0.1, 0.15) is 28.5 Å². The third-order valence-corrected chi connectivity index (χ3v) is 6.19. The molecule has 5 nitrogen and oxygen atoms in total. The Balaban J connectivity index is 1.93. The van der Waals surface area contributed by atoms with E-state index in [1.165, 1.54) is 23.5 Å². The Morgan fingerprint density at radius 2 is 2.07 bits per heavy atom. The van der Waals surface area contributed by atoms with Gasteiger partial charge in [-0.3, -0.25) is 4.79 Å². The summed E-state index contributed by atoms with van der Waals surface area (Å²) in [5, 5.41) is 32.2. The average molecular weight is 463 g/mol. The van der Waals surface area contributed by atoms with Gasteiger partial charge in [-0.2, -0.15) is 10.5 Å². The number of anilines is 1. The molecule has 2 aromatic rings. The molecule has 0 saturated heterocycles. The molecular formula is C19H13BrClN3O2S. The molecule has 1 aromatic carbocycles. The average Bonchev–Trinajstić information content (AvgIpc) is 3.00. The molecule has 0 fully saturated rings. The topological polar surface area (TPSA) is 96.9 Å². The highest BCUT2D eigenvalue weighted by molar-refractivity contribution is 9.10. The van der Waals surface area contributed by atoms with Gasteiger partial charge in [0, 0.05) is 14.9 Å². The number of hydrogen-bond donors (Lipinski definition) is 2. The molecule has 0 unspecified atom stereocenters. The number of nitrogens with one attached hydrogen (secondary N) is 1. The fraction of sp³-hybridized carbons (Fsp3) is 0.211. The van der Waals surface area contributed by atoms with E-state index in [1.807, 2.05) is 6.07 Å². The van der Waals surface area contributed by atoms with Crippen LogP contribution in [-0.2, 0) is 17.6 Å². The number of halogens is 2. The lowest BCUT2D eigenvalue weighted by molar-refractivity contribution is -0.112. The lowest BCUT2D eigenvalue weighted by atomic mass is 9.96. The highest BCUT2D eigenvalue weighted by Gasteiger charge is 2.23. The van der Waals surface area contributed by atoms with Crippen molar-refractivity contribution >= 4 is 55.9 Å². The van der Waals surface area contributed by atoms with E-state index in [9.17, 15) is 20.4 Å². The van der Waals surface area contributed by atoms with Crippen LogP contribution in [0.4, 0.5) is 5.00 Å². The highest BCUT2D eigenvalue weighted by atomic mass is 79.9. The third kappa shape index (κ3) is 4.01. The van der Waals surface area contributed by atoms with E-state index in [1.54, 1.807) is 6.07 Å². The molecule has 1 aliphatic carbocycles. The lowest BCUT2D eigenvalue weighted by Crippen LogP contribution is -2.13. The van der Waals surface area contributed by atoms with Gasteiger partial charge in [0.15, 0.2) is 0 Å². The van der Waals surface area contributed by atoms with Gasteiger partial charge in [-0.15, -0.1) is 11.3 Å². The van der Waals surface area contributed by atoms with E-state index >= 15 is 0 Å². The molecule has 0 atom stereocenters. The van der Waals surface area contributed by atoms with Crippen LogP contribution >= 0.6 is 38.9 Å². The zero-order chi connectivity index (χ0) is 19.6. The van der Waals surface area contributed by atoms with Crippen LogP contribution in [-0.4, -0.2) is 11.0 Å². The number of phenolic OH excluding ortho intramolecular Hbond substituents is 1. The Hall–Kier alpha value is -2.32. The molecule has 136 valence electrons. The van der Waals surface area contributed by atoms with Gasteiger partial charge in [-0.25, -0.2) is 0 Å². The number of aromatic hydroxyl groups is 1. The zero-order valence-electron chi connectivity index (χ0n) is 14.0. The van der Waals surface area contributed by atoms with E-state index in [4.69, 9.17) is 11.6 Å². The van der Waals surface area contributed by atoms with Crippen LogP contribution in [0, 0.1) is 22.7 Å². The lowest BCUT2D eigenvalue weighted by Gasteiger charge is -2.09. The number of amides is 1. The van der Waals surface area contributed by atoms with Crippen molar-refractivity contribution < 1.29 is 9.90 Å². The van der Waals surface area contributed by atoms with Crippen molar-refractivity contribution in [2.45, 2.75) is 25.7 Å². The summed E-state index contributed by atoms with van der Waals surface area (Å²) in [7, 11) is 0. The quantitative estimate of drug-likeness (QED) is 0.486. The third-order valence-electron chi connectivity index (χ3n) is 4.23. The van der Waals surface area contributed by atoms with E-state index in [0.29, 0.717) is 15.0 Å². The second-order valence-electron chi connectivity index (χ2n) is 5.98. The van der Waals surface area contributed by atoms with Crippen LogP contribution in [0.25, 0.3) is 6.08 Å². The summed E-state index contributed by atoms with van der Waals surface area (Å²) in [6.45, 7) is 0. The maximum Gasteiger partial charge on any atom is 0.266 e. The Morgan fingerprint density at radius 3 is 2.78 bits per heavy atom. The summed E-state index contributed by atoms with van der Waals surface area (Å²) >= 11 is 10.6. The van der Waals surface area contributed by atoms with Crippen LogP contribution in [0.2, 0.25) is 5.02 Å². The van der Waals surface area contributed by atoms with E-state index in [2.05, 4.69) is 27.3 Å². The standard InChI is InChI=1S/C19H13BrClN3O2S/c20-12-6-10(17(25)15(21)7-12)5-11(8-22)18(26)24-19-14(9-23)13-3-1-2-4-16(13)27-19/h5-7,25H,1-4H2,(H,24,26)/b11-5+. The van der Waals surface area contributed by atoms with Gasteiger partial charge in [0.05, 0.1) is 10.6 Å². The van der Waals surface area contributed by atoms with Gasteiger partial charge in [-0.1, -0.05) is 27.5 Å². The van der Waals surface area contributed by atoms with Gasteiger partial charge < -0.3 is 10.4 Å². The van der Waals surface area contributed by atoms with Crippen molar-refractivity contribution in [3.05, 3.63) is 48.8 Å². The minimum absolute atomic E-state index is 0.103. The first-order valence-electron chi connectivity index (χ1n) is 8.10. The van der Waals surface area contributed by atoms with E-state index in [-0.39, 0.29) is 21.9 Å². The Morgan fingerprint density at radius 1 is 1.33 bits per heavy atom. The molecule has 1 aromatic heterocycles. The van der Waals surface area contributed by atoms with Crippen LogP contribution in [0.15, 0.2) is 22.2 Å². The summed E-state index contributed by atoms with van der Waals surface area (Å²) < 4.78 is 0.604. The van der Waals surface area contributed by atoms with Gasteiger partial charge in [-0.05, 0) is 49.5 Å². The zero-order valence-corrected chi connectivity index (χ0v) is 17.1. The van der Waals surface area contributed by atoms with E-state index in [0.717, 1.165) is 36.1 Å². The molecule has 2 N–H and O–H groups in total. The first-order valence-corrected chi connectivity index (χ1v) is 10.1. The first kappa shape index (κ1) is 19.4. The van der Waals surface area contributed by atoms with Crippen molar-refractivity contribution in [1.82, 2.24) is 0 Å². The van der Waals surface area contributed by atoms with Crippen LogP contribution in [0.3, 0.4) is 0 Å². The summed E-state index contributed by atoms with van der Waals surface area (Å²) in [6.07, 6.45) is 5.09. The fourth-order valence-electron chi connectivity index (χ4n) is 2.94. The van der Waals surface area contributed by atoms with Gasteiger partial charge in [0.2, 0.25) is 0 Å². The maximum atomic E-state index is 12.6. The SMILES string of the molecule is N#C/C(=C\c1cc(Br)cc(Cl)c1O)C(=O)Nc1sc2c(c1C#N)CCCC2. The van der Waals surface area contributed by atoms with Gasteiger partial charge >= 0.3 is 0 Å². The molecule has 8 heteroatoms. The summed E-state index contributed by atoms with van der Waals surface area (Å²) in [5.74, 6) is -0.854. The number of fused-ring (bicyclic) bond motifs is 1. The predicted molar refractivity (Wildman–Crippen MR) is 109 cm³/mol. The fourth-order valence-corrected chi connectivity index (χ4v) is 5.01. The Labute approximate surface area is 173 Å². The second kappa shape index (κ2) is 8.14. The Kier molecular flexibility index (Phi) is 5.86. The monoisotopic (exact) mass is 461 g/mol. The largest absolute Gasteiger partial charge is 0.506 e. The predicted octanol–water partition coefficient (Wildman–Crippen LogP) is 5.17. The minimum atomic E-state index is -0.636. The molecule has 1 amide bonds. The van der Waals surface area contributed by atoms with Crippen molar-refractivity contribution in [2.75, 3.05) is 5.32 Å². The Bertz CT molecular complexity index is 1050. The smallest absolute Gasteiger partial charge is 0.266 e. The molecule has 27 heavy (non-hydrogen) atoms. The van der Waals surface area contributed by atoms with Crippen LogP contribution in [0.5, 0.6) is 5.75 Å². The normalized spacial score (nSPS) is 13.4. The summed E-state index contributed by atoms with van der Waals surface area (Å²) in [4.78, 5) is 13.7. The second-order valence-corrected chi connectivity index (χ2v) is 8.40. The number of carbonyl (C=O) groups excluding carboxylic acids is 1. The number of nitrogens with zero attached hydrogens (tertiary/aromatic N) is 2. The molecule has 3 rings (SSSR count). The molecule has 1 heterocycles. The number of aryl methyl sites for hydroxylation is 1. The van der Waals surface area contributed by atoms with Crippen molar-refractivity contribution in [3.63, 3.8) is 0 Å². The highest BCUT2D eigenvalue weighted by Crippen LogP contribution is 2.38. The van der Waals surface area contributed by atoms with Crippen molar-refractivity contribution in [2.24, 2.45) is 0 Å². The number of hydrogen-bond acceptors (Lipinski definition) is 5. The number of carbonyl (C=O) groups is 1. The van der Waals surface area contributed by atoms with Crippen LogP contribution in [0.1, 0.15) is 34.4 Å². The molecule has 0 saturated carbocycles. The number of benzene rings is 1. The number of thiophene rings is 1. The molecule has 0 radical (unpaired) electrons. The number of phenols is 1. The van der Waals surface area contributed by atoms with Gasteiger partial charge in [0.25, 0.3) is 5.91 Å².